The molecule has 0 radical (unpaired) electrons. The average Bonchev–Trinajstić information content (AvgIpc) is 2.50. The summed E-state index contributed by atoms with van der Waals surface area (Å²) in [5.74, 6) is -0.645. The molecule has 5 nitrogen and oxygen atoms in total. The van der Waals surface area contributed by atoms with E-state index in [2.05, 4.69) is 5.32 Å². The summed E-state index contributed by atoms with van der Waals surface area (Å²) in [5, 5.41) is 2.80. The van der Waals surface area contributed by atoms with Crippen LogP contribution < -0.4 is 11.1 Å². The van der Waals surface area contributed by atoms with Crippen LogP contribution in [0.4, 0.5) is 4.39 Å². The van der Waals surface area contributed by atoms with E-state index < -0.39 is 0 Å². The highest BCUT2D eigenvalue weighted by molar-refractivity contribution is 5.78. The quantitative estimate of drug-likeness (QED) is 0.811. The first-order valence-corrected chi connectivity index (χ1v) is 7.58. The second-order valence-corrected chi connectivity index (χ2v) is 5.64. The minimum Gasteiger partial charge on any atom is -0.369 e. The largest absolute Gasteiger partial charge is 0.369 e. The van der Waals surface area contributed by atoms with Gasteiger partial charge in [-0.2, -0.15) is 0 Å². The van der Waals surface area contributed by atoms with Crippen LogP contribution in [0.2, 0.25) is 0 Å². The maximum absolute atomic E-state index is 13.4. The van der Waals surface area contributed by atoms with Gasteiger partial charge >= 0.3 is 0 Å². The minimum atomic E-state index is -0.256. The highest BCUT2D eigenvalue weighted by Gasteiger charge is 2.23. The van der Waals surface area contributed by atoms with Gasteiger partial charge in [-0.1, -0.05) is 18.2 Å². The molecule has 0 unspecified atom stereocenters. The first-order valence-electron chi connectivity index (χ1n) is 7.58. The molecule has 6 heteroatoms. The summed E-state index contributed by atoms with van der Waals surface area (Å²) >= 11 is 0. The molecule has 22 heavy (non-hydrogen) atoms. The van der Waals surface area contributed by atoms with Crippen molar-refractivity contribution in [2.24, 2.45) is 11.7 Å². The Hall–Kier alpha value is -1.95. The highest BCUT2D eigenvalue weighted by atomic mass is 19.1. The van der Waals surface area contributed by atoms with Crippen molar-refractivity contribution in [2.45, 2.75) is 19.3 Å². The van der Waals surface area contributed by atoms with E-state index in [0.717, 1.165) is 0 Å². The van der Waals surface area contributed by atoms with Crippen molar-refractivity contribution in [2.75, 3.05) is 26.2 Å². The van der Waals surface area contributed by atoms with E-state index in [1.165, 1.54) is 6.07 Å². The third-order valence-corrected chi connectivity index (χ3v) is 4.03. The smallest absolute Gasteiger partial charge is 0.234 e. The number of amides is 2. The zero-order valence-corrected chi connectivity index (χ0v) is 12.6. The van der Waals surface area contributed by atoms with Gasteiger partial charge in [-0.3, -0.25) is 14.5 Å². The SMILES string of the molecule is NC(=O)C1CCN(CC(=O)NCCc2ccccc2F)CC1. The maximum Gasteiger partial charge on any atom is 0.234 e. The van der Waals surface area contributed by atoms with Crippen LogP contribution in [0.25, 0.3) is 0 Å². The van der Waals surface area contributed by atoms with Gasteiger partial charge in [0.25, 0.3) is 0 Å². The number of nitrogens with one attached hydrogen (secondary N) is 1. The molecular formula is C16H22FN3O2. The van der Waals surface area contributed by atoms with Crippen molar-refractivity contribution in [3.8, 4) is 0 Å². The predicted molar refractivity (Wildman–Crippen MR) is 81.5 cm³/mol. The molecule has 0 aromatic heterocycles. The Morgan fingerprint density at radius 1 is 1.27 bits per heavy atom. The van der Waals surface area contributed by atoms with Gasteiger partial charge in [0.05, 0.1) is 6.54 Å². The van der Waals surface area contributed by atoms with Crippen LogP contribution in [-0.2, 0) is 16.0 Å². The van der Waals surface area contributed by atoms with Crippen molar-refractivity contribution >= 4 is 11.8 Å². The predicted octanol–water partition coefficient (Wildman–Crippen LogP) is 0.682. The Morgan fingerprint density at radius 3 is 2.59 bits per heavy atom. The second-order valence-electron chi connectivity index (χ2n) is 5.64. The third-order valence-electron chi connectivity index (χ3n) is 4.03. The monoisotopic (exact) mass is 307 g/mol. The zero-order chi connectivity index (χ0) is 15.9. The lowest BCUT2D eigenvalue weighted by atomic mass is 9.96. The van der Waals surface area contributed by atoms with Crippen LogP contribution in [0.1, 0.15) is 18.4 Å². The van der Waals surface area contributed by atoms with Gasteiger partial charge in [0.2, 0.25) is 11.8 Å². The van der Waals surface area contributed by atoms with Gasteiger partial charge in [0, 0.05) is 12.5 Å². The van der Waals surface area contributed by atoms with E-state index in [4.69, 9.17) is 5.73 Å². The van der Waals surface area contributed by atoms with Crippen molar-refractivity contribution in [3.05, 3.63) is 35.6 Å². The number of benzene rings is 1. The number of halogens is 1. The summed E-state index contributed by atoms with van der Waals surface area (Å²) in [6, 6.07) is 6.56. The Kier molecular flexibility index (Phi) is 5.89. The molecule has 0 spiro atoms. The van der Waals surface area contributed by atoms with E-state index in [1.54, 1.807) is 18.2 Å². The summed E-state index contributed by atoms with van der Waals surface area (Å²) in [5.41, 5.74) is 5.88. The molecule has 120 valence electrons. The molecule has 0 aliphatic carbocycles. The van der Waals surface area contributed by atoms with E-state index in [1.807, 2.05) is 4.90 Å². The number of nitrogens with two attached hydrogens (primary N) is 1. The lowest BCUT2D eigenvalue weighted by Gasteiger charge is -2.29. The standard InChI is InChI=1S/C16H22FN3O2/c17-14-4-2-1-3-12(14)5-8-19-15(21)11-20-9-6-13(7-10-20)16(18)22/h1-4,13H,5-11H2,(H2,18,22)(H,19,21). The average molecular weight is 307 g/mol. The van der Waals surface area contributed by atoms with Gasteiger partial charge in [0.1, 0.15) is 5.82 Å². The normalized spacial score (nSPS) is 16.4. The van der Waals surface area contributed by atoms with Crippen LogP contribution in [-0.4, -0.2) is 42.9 Å². The molecule has 1 saturated heterocycles. The van der Waals surface area contributed by atoms with Gasteiger partial charge in [-0.25, -0.2) is 4.39 Å². The fourth-order valence-corrected chi connectivity index (χ4v) is 2.67. The van der Waals surface area contributed by atoms with Crippen LogP contribution in [0, 0.1) is 11.7 Å². The first-order chi connectivity index (χ1) is 10.6. The third kappa shape index (κ3) is 4.80. The first kappa shape index (κ1) is 16.4. The van der Waals surface area contributed by atoms with Crippen molar-refractivity contribution < 1.29 is 14.0 Å². The molecular weight excluding hydrogens is 285 g/mol. The topological polar surface area (TPSA) is 75.4 Å². The number of hydrogen-bond donors (Lipinski definition) is 2. The summed E-state index contributed by atoms with van der Waals surface area (Å²) < 4.78 is 13.4. The minimum absolute atomic E-state index is 0.0691. The number of carbonyl (C=O) groups is 2. The lowest BCUT2D eigenvalue weighted by Crippen LogP contribution is -2.43. The van der Waals surface area contributed by atoms with Gasteiger partial charge in [-0.05, 0) is 44.0 Å². The van der Waals surface area contributed by atoms with Crippen LogP contribution in [0.5, 0.6) is 0 Å². The molecule has 1 aliphatic heterocycles. The van der Waals surface area contributed by atoms with Crippen molar-refractivity contribution in [1.82, 2.24) is 10.2 Å². The van der Waals surface area contributed by atoms with Crippen LogP contribution in [0.15, 0.2) is 24.3 Å². The maximum atomic E-state index is 13.4. The number of carbonyl (C=O) groups excluding carboxylic acids is 2. The van der Waals surface area contributed by atoms with E-state index in [0.29, 0.717) is 51.0 Å². The Labute approximate surface area is 129 Å². The Bertz CT molecular complexity index is 528. The van der Waals surface area contributed by atoms with E-state index >= 15 is 0 Å². The lowest BCUT2D eigenvalue weighted by molar-refractivity contribution is -0.124. The van der Waals surface area contributed by atoms with Gasteiger partial charge < -0.3 is 11.1 Å². The number of likely N-dealkylation sites (tertiary alicyclic amines) is 1. The summed E-state index contributed by atoms with van der Waals surface area (Å²) in [6.45, 7) is 2.13. The number of piperidine rings is 1. The molecule has 3 N–H and O–H groups in total. The summed E-state index contributed by atoms with van der Waals surface area (Å²) in [6.07, 6.45) is 1.89. The van der Waals surface area contributed by atoms with Crippen molar-refractivity contribution in [1.29, 1.82) is 0 Å². The van der Waals surface area contributed by atoms with E-state index in [9.17, 15) is 14.0 Å². The second kappa shape index (κ2) is 7.89. The molecule has 1 aromatic carbocycles. The van der Waals surface area contributed by atoms with Gasteiger partial charge in [-0.15, -0.1) is 0 Å². The summed E-state index contributed by atoms with van der Waals surface area (Å²) in [4.78, 5) is 25.0. The Balaban J connectivity index is 1.66. The molecule has 2 rings (SSSR count). The molecule has 0 saturated carbocycles. The number of nitrogens with zero attached hydrogens (tertiary/aromatic N) is 1. The molecule has 2 amide bonds. The Morgan fingerprint density at radius 2 is 1.95 bits per heavy atom. The number of hydrogen-bond acceptors (Lipinski definition) is 3. The van der Waals surface area contributed by atoms with Crippen LogP contribution in [0.3, 0.4) is 0 Å². The number of primary amides is 1. The van der Waals surface area contributed by atoms with Gasteiger partial charge in [0.15, 0.2) is 0 Å². The molecule has 0 bridgehead atoms. The highest BCUT2D eigenvalue weighted by Crippen LogP contribution is 2.16. The molecule has 1 aliphatic rings. The molecule has 1 heterocycles. The van der Waals surface area contributed by atoms with E-state index in [-0.39, 0.29) is 23.5 Å². The molecule has 0 atom stereocenters. The zero-order valence-electron chi connectivity index (χ0n) is 12.6. The van der Waals surface area contributed by atoms with Crippen LogP contribution >= 0.6 is 0 Å². The molecule has 1 aromatic rings. The molecule has 1 fully saturated rings. The van der Waals surface area contributed by atoms with Crippen molar-refractivity contribution in [3.63, 3.8) is 0 Å². The fraction of sp³-hybridized carbons (Fsp3) is 0.500. The fourth-order valence-electron chi connectivity index (χ4n) is 2.67. The number of rotatable bonds is 6. The summed E-state index contributed by atoms with van der Waals surface area (Å²) in [7, 11) is 0.